The Balaban J connectivity index is 2.49. The van der Waals surface area contributed by atoms with Crippen LogP contribution in [0.4, 0.5) is 0 Å². The van der Waals surface area contributed by atoms with Crippen molar-refractivity contribution in [3.63, 3.8) is 0 Å². The molecule has 0 N–H and O–H groups in total. The molecule has 0 radical (unpaired) electrons. The predicted molar refractivity (Wildman–Crippen MR) is 43.0 cm³/mol. The fourth-order valence-corrected chi connectivity index (χ4v) is 1.32. The van der Waals surface area contributed by atoms with Gasteiger partial charge in [0.2, 0.25) is 0 Å². The molecule has 0 aliphatic carbocycles. The lowest BCUT2D eigenvalue weighted by atomic mass is 9.93. The monoisotopic (exact) mass is 154 g/mol. The normalized spacial score (nSPS) is 24.5. The molecule has 0 aromatic carbocycles. The summed E-state index contributed by atoms with van der Waals surface area (Å²) in [5.74, 6) is 0.657. The third kappa shape index (κ3) is 1.82. The molecular formula is C9H14O2. The van der Waals surface area contributed by atoms with Crippen LogP contribution in [-0.2, 0) is 9.53 Å². The zero-order valence-corrected chi connectivity index (χ0v) is 7.09. The van der Waals surface area contributed by atoms with Crippen molar-refractivity contribution in [2.24, 2.45) is 11.8 Å². The Hall–Kier alpha value is -0.790. The first-order chi connectivity index (χ1) is 5.11. The quantitative estimate of drug-likeness (QED) is 0.447. The highest BCUT2D eigenvalue weighted by Crippen LogP contribution is 2.25. The van der Waals surface area contributed by atoms with Crippen LogP contribution in [0.1, 0.15) is 20.3 Å². The van der Waals surface area contributed by atoms with Crippen molar-refractivity contribution < 1.29 is 9.53 Å². The van der Waals surface area contributed by atoms with Crippen LogP contribution in [0.3, 0.4) is 0 Å². The van der Waals surface area contributed by atoms with E-state index in [1.54, 1.807) is 0 Å². The topological polar surface area (TPSA) is 26.3 Å². The first-order valence-corrected chi connectivity index (χ1v) is 3.97. The highest BCUT2D eigenvalue weighted by atomic mass is 16.5. The first kappa shape index (κ1) is 8.31. The van der Waals surface area contributed by atoms with Crippen molar-refractivity contribution >= 4 is 5.97 Å². The average Bonchev–Trinajstić information content (AvgIpc) is 2.18. The summed E-state index contributed by atoms with van der Waals surface area (Å²) in [6, 6.07) is 0. The van der Waals surface area contributed by atoms with Gasteiger partial charge in [-0.1, -0.05) is 20.4 Å². The molecule has 0 aromatic heterocycles. The number of rotatable bonds is 2. The average molecular weight is 154 g/mol. The van der Waals surface area contributed by atoms with Crippen LogP contribution in [0.2, 0.25) is 0 Å². The van der Waals surface area contributed by atoms with E-state index in [2.05, 4.69) is 20.4 Å². The summed E-state index contributed by atoms with van der Waals surface area (Å²) >= 11 is 0. The number of ether oxygens (including phenoxy) is 1. The number of esters is 1. The Morgan fingerprint density at radius 2 is 2.36 bits per heavy atom. The second-order valence-corrected chi connectivity index (χ2v) is 3.45. The van der Waals surface area contributed by atoms with Crippen LogP contribution in [0.15, 0.2) is 12.2 Å². The van der Waals surface area contributed by atoms with Crippen LogP contribution in [-0.4, -0.2) is 12.6 Å². The number of carbonyl (C=O) groups is 1. The van der Waals surface area contributed by atoms with Gasteiger partial charge in [0.05, 0.1) is 6.61 Å². The standard InChI is InChI=1S/C9H14O2/c1-6(2)4-8-5-11-9(10)7(8)3/h6,8H,3-5H2,1-2H3. The fourth-order valence-electron chi connectivity index (χ4n) is 1.32. The molecule has 1 heterocycles. The largest absolute Gasteiger partial charge is 0.462 e. The third-order valence-electron chi connectivity index (χ3n) is 1.93. The minimum Gasteiger partial charge on any atom is -0.462 e. The molecule has 0 spiro atoms. The maximum Gasteiger partial charge on any atom is 0.333 e. The summed E-state index contributed by atoms with van der Waals surface area (Å²) in [5, 5.41) is 0. The van der Waals surface area contributed by atoms with E-state index in [1.165, 1.54) is 0 Å². The van der Waals surface area contributed by atoms with Gasteiger partial charge in [-0.05, 0) is 12.3 Å². The van der Waals surface area contributed by atoms with Crippen molar-refractivity contribution in [3.05, 3.63) is 12.2 Å². The van der Waals surface area contributed by atoms with Crippen LogP contribution in [0.25, 0.3) is 0 Å². The minimum absolute atomic E-state index is 0.212. The van der Waals surface area contributed by atoms with E-state index >= 15 is 0 Å². The SMILES string of the molecule is C=C1C(=O)OCC1CC(C)C. The first-order valence-electron chi connectivity index (χ1n) is 3.97. The highest BCUT2D eigenvalue weighted by molar-refractivity contribution is 5.90. The Kier molecular flexibility index (Phi) is 2.32. The van der Waals surface area contributed by atoms with Crippen molar-refractivity contribution in [2.75, 3.05) is 6.61 Å². The summed E-state index contributed by atoms with van der Waals surface area (Å²) in [6.07, 6.45) is 1.00. The van der Waals surface area contributed by atoms with Crippen molar-refractivity contribution in [1.82, 2.24) is 0 Å². The van der Waals surface area contributed by atoms with Crippen LogP contribution < -0.4 is 0 Å². The van der Waals surface area contributed by atoms with Crippen LogP contribution in [0.5, 0.6) is 0 Å². The summed E-state index contributed by atoms with van der Waals surface area (Å²) in [4.78, 5) is 10.8. The van der Waals surface area contributed by atoms with Gasteiger partial charge in [-0.15, -0.1) is 0 Å². The van der Waals surface area contributed by atoms with E-state index in [1.807, 2.05) is 0 Å². The van der Waals surface area contributed by atoms with Gasteiger partial charge in [0, 0.05) is 11.5 Å². The van der Waals surface area contributed by atoms with Gasteiger partial charge in [0.1, 0.15) is 0 Å². The molecule has 0 saturated carbocycles. The zero-order valence-electron chi connectivity index (χ0n) is 7.09. The maximum absolute atomic E-state index is 10.8. The lowest BCUT2D eigenvalue weighted by molar-refractivity contribution is -0.135. The van der Waals surface area contributed by atoms with Gasteiger partial charge in [0.25, 0.3) is 0 Å². The summed E-state index contributed by atoms with van der Waals surface area (Å²) in [5.41, 5.74) is 0.652. The number of hydrogen-bond acceptors (Lipinski definition) is 2. The molecule has 1 aliphatic rings. The van der Waals surface area contributed by atoms with E-state index in [-0.39, 0.29) is 11.9 Å². The van der Waals surface area contributed by atoms with E-state index in [4.69, 9.17) is 4.74 Å². The molecule has 0 bridgehead atoms. The van der Waals surface area contributed by atoms with Crippen molar-refractivity contribution in [3.8, 4) is 0 Å². The van der Waals surface area contributed by atoms with Crippen LogP contribution >= 0.6 is 0 Å². The molecular weight excluding hydrogens is 140 g/mol. The van der Waals surface area contributed by atoms with Gasteiger partial charge in [0.15, 0.2) is 0 Å². The summed E-state index contributed by atoms with van der Waals surface area (Å²) < 4.78 is 4.84. The predicted octanol–water partition coefficient (Wildman–Crippen LogP) is 1.76. The van der Waals surface area contributed by atoms with E-state index in [9.17, 15) is 4.79 Å². The highest BCUT2D eigenvalue weighted by Gasteiger charge is 2.28. The van der Waals surface area contributed by atoms with Gasteiger partial charge in [-0.2, -0.15) is 0 Å². The molecule has 1 aliphatic heterocycles. The Bertz CT molecular complexity index is 182. The summed E-state index contributed by atoms with van der Waals surface area (Å²) in [7, 11) is 0. The maximum atomic E-state index is 10.8. The number of hydrogen-bond donors (Lipinski definition) is 0. The second-order valence-electron chi connectivity index (χ2n) is 3.45. The molecule has 1 unspecified atom stereocenters. The molecule has 11 heavy (non-hydrogen) atoms. The molecule has 2 nitrogen and oxygen atoms in total. The minimum atomic E-state index is -0.212. The molecule has 1 saturated heterocycles. The summed E-state index contributed by atoms with van der Waals surface area (Å²) in [6.45, 7) is 8.50. The van der Waals surface area contributed by atoms with Crippen LogP contribution in [0, 0.1) is 11.8 Å². The van der Waals surface area contributed by atoms with E-state index in [0.29, 0.717) is 18.1 Å². The molecule has 1 fully saturated rings. The smallest absolute Gasteiger partial charge is 0.333 e. The Labute approximate surface area is 67.2 Å². The second kappa shape index (κ2) is 3.07. The Morgan fingerprint density at radius 1 is 1.73 bits per heavy atom. The molecule has 0 aromatic rings. The molecule has 1 rings (SSSR count). The van der Waals surface area contributed by atoms with Gasteiger partial charge < -0.3 is 4.74 Å². The van der Waals surface area contributed by atoms with Gasteiger partial charge >= 0.3 is 5.97 Å². The molecule has 2 heteroatoms. The van der Waals surface area contributed by atoms with Crippen molar-refractivity contribution in [1.29, 1.82) is 0 Å². The zero-order chi connectivity index (χ0) is 8.43. The van der Waals surface area contributed by atoms with Crippen molar-refractivity contribution in [2.45, 2.75) is 20.3 Å². The number of cyclic esters (lactones) is 1. The van der Waals surface area contributed by atoms with E-state index in [0.717, 1.165) is 6.42 Å². The molecule has 0 amide bonds. The lowest BCUT2D eigenvalue weighted by Gasteiger charge is -2.09. The van der Waals surface area contributed by atoms with E-state index < -0.39 is 0 Å². The lowest BCUT2D eigenvalue weighted by Crippen LogP contribution is -2.05. The third-order valence-corrected chi connectivity index (χ3v) is 1.93. The fraction of sp³-hybridized carbons (Fsp3) is 0.667. The molecule has 1 atom stereocenters. The number of carbonyl (C=O) groups excluding carboxylic acids is 1. The van der Waals surface area contributed by atoms with Gasteiger partial charge in [-0.3, -0.25) is 0 Å². The van der Waals surface area contributed by atoms with Gasteiger partial charge in [-0.25, -0.2) is 4.79 Å². The Morgan fingerprint density at radius 3 is 2.73 bits per heavy atom. The molecule has 62 valence electrons.